The Balaban J connectivity index is 2.30. The summed E-state index contributed by atoms with van der Waals surface area (Å²) >= 11 is 0. The van der Waals surface area contributed by atoms with Gasteiger partial charge >= 0.3 is 0 Å². The Bertz CT molecular complexity index is 714. The van der Waals surface area contributed by atoms with E-state index in [2.05, 4.69) is 31.2 Å². The Morgan fingerprint density at radius 2 is 2.21 bits per heavy atom. The van der Waals surface area contributed by atoms with Gasteiger partial charge in [-0.05, 0) is 6.07 Å². The smallest absolute Gasteiger partial charge is 0.263 e. The molecular formula is C11H9N3O4S. The summed E-state index contributed by atoms with van der Waals surface area (Å²) in [7, 11) is -3.77. The Labute approximate surface area is 109 Å². The highest BCUT2D eigenvalue weighted by Gasteiger charge is 2.15. The van der Waals surface area contributed by atoms with Crippen molar-refractivity contribution < 1.29 is 18.0 Å². The van der Waals surface area contributed by atoms with E-state index >= 15 is 0 Å². The average molecular weight is 279 g/mol. The molecule has 0 saturated heterocycles. The maximum atomic E-state index is 12.0. The first-order valence-electron chi connectivity index (χ1n) is 5.09. The Morgan fingerprint density at radius 1 is 1.37 bits per heavy atom. The molecule has 2 N–H and O–H groups in total. The van der Waals surface area contributed by atoms with Gasteiger partial charge < -0.3 is 9.63 Å². The van der Waals surface area contributed by atoms with Crippen LogP contribution < -0.4 is 4.72 Å². The second-order valence-electron chi connectivity index (χ2n) is 3.39. The molecule has 8 heteroatoms. The van der Waals surface area contributed by atoms with Gasteiger partial charge in [-0.2, -0.15) is 0 Å². The topological polar surface area (TPSA) is 105 Å². The van der Waals surface area contributed by atoms with Crippen molar-refractivity contribution in [2.45, 2.75) is 4.90 Å². The SMILES string of the molecule is O=S(=O)(Nc1cnoc1)c1cncc(C#CCO)c1. The minimum absolute atomic E-state index is 0.0431. The first-order valence-corrected chi connectivity index (χ1v) is 6.57. The third-order valence-electron chi connectivity index (χ3n) is 2.02. The highest BCUT2D eigenvalue weighted by Crippen LogP contribution is 2.15. The summed E-state index contributed by atoms with van der Waals surface area (Å²) in [6.07, 6.45) is 5.00. The molecule has 2 heterocycles. The normalized spacial score (nSPS) is 10.6. The van der Waals surface area contributed by atoms with Crippen molar-refractivity contribution in [3.8, 4) is 11.8 Å². The number of aliphatic hydroxyl groups is 1. The molecule has 0 aliphatic rings. The first kappa shape index (κ1) is 13.1. The number of pyridine rings is 1. The van der Waals surface area contributed by atoms with Crippen LogP contribution in [-0.4, -0.2) is 30.3 Å². The van der Waals surface area contributed by atoms with Gasteiger partial charge in [0.1, 0.15) is 23.5 Å². The van der Waals surface area contributed by atoms with Crippen LogP contribution in [0.1, 0.15) is 5.56 Å². The van der Waals surface area contributed by atoms with Gasteiger partial charge in [-0.3, -0.25) is 9.71 Å². The fourth-order valence-electron chi connectivity index (χ4n) is 1.25. The van der Waals surface area contributed by atoms with Crippen LogP contribution in [0.5, 0.6) is 0 Å². The molecule has 0 saturated carbocycles. The van der Waals surface area contributed by atoms with Gasteiger partial charge in [-0.25, -0.2) is 8.42 Å². The standard InChI is InChI=1S/C11H9N3O4S/c15-3-1-2-9-4-11(7-12-5-9)19(16,17)14-10-6-13-18-8-10/h4-8,14-15H,3H2. The molecule has 2 aromatic heterocycles. The molecule has 2 aromatic rings. The zero-order valence-electron chi connectivity index (χ0n) is 9.57. The first-order chi connectivity index (χ1) is 9.12. The van der Waals surface area contributed by atoms with Crippen LogP contribution in [0, 0.1) is 11.8 Å². The molecule has 7 nitrogen and oxygen atoms in total. The predicted octanol–water partition coefficient (Wildman–Crippen LogP) is 0.214. The molecule has 0 bridgehead atoms. The summed E-state index contributed by atoms with van der Waals surface area (Å²) in [6, 6.07) is 1.35. The summed E-state index contributed by atoms with van der Waals surface area (Å²) in [5.74, 6) is 4.99. The summed E-state index contributed by atoms with van der Waals surface area (Å²) < 4.78 is 30.8. The molecule has 0 spiro atoms. The van der Waals surface area contributed by atoms with E-state index in [0.29, 0.717) is 5.56 Å². The second-order valence-corrected chi connectivity index (χ2v) is 5.07. The van der Waals surface area contributed by atoms with E-state index in [9.17, 15) is 8.42 Å². The van der Waals surface area contributed by atoms with Crippen molar-refractivity contribution in [2.24, 2.45) is 0 Å². The number of sulfonamides is 1. The minimum Gasteiger partial charge on any atom is -0.384 e. The summed E-state index contributed by atoms with van der Waals surface area (Å²) in [5, 5.41) is 12.0. The molecule has 0 aliphatic heterocycles. The average Bonchev–Trinajstić information content (AvgIpc) is 2.89. The molecule has 0 amide bonds. The lowest BCUT2D eigenvalue weighted by molar-refractivity contribution is 0.350. The summed E-state index contributed by atoms with van der Waals surface area (Å²) in [6.45, 7) is -0.310. The van der Waals surface area contributed by atoms with Gasteiger partial charge in [0.05, 0.1) is 6.20 Å². The lowest BCUT2D eigenvalue weighted by Gasteiger charge is -2.04. The fraction of sp³-hybridized carbons (Fsp3) is 0.0909. The van der Waals surface area contributed by atoms with Crippen LogP contribution in [0.15, 0.2) is 40.3 Å². The van der Waals surface area contributed by atoms with E-state index in [1.807, 2.05) is 0 Å². The largest absolute Gasteiger partial charge is 0.384 e. The van der Waals surface area contributed by atoms with Crippen molar-refractivity contribution in [1.29, 1.82) is 0 Å². The molecule has 0 unspecified atom stereocenters. The summed E-state index contributed by atoms with van der Waals surface area (Å²) in [5.41, 5.74) is 0.606. The zero-order valence-corrected chi connectivity index (χ0v) is 10.4. The molecule has 19 heavy (non-hydrogen) atoms. The minimum atomic E-state index is -3.77. The van der Waals surface area contributed by atoms with E-state index in [1.165, 1.54) is 30.9 Å². The van der Waals surface area contributed by atoms with Crippen molar-refractivity contribution in [1.82, 2.24) is 10.1 Å². The molecule has 0 aromatic carbocycles. The Hall–Kier alpha value is -2.37. The number of anilines is 1. The van der Waals surface area contributed by atoms with Gasteiger partial charge in [0.15, 0.2) is 0 Å². The van der Waals surface area contributed by atoms with Crippen LogP contribution >= 0.6 is 0 Å². The molecule has 0 aliphatic carbocycles. The van der Waals surface area contributed by atoms with E-state index in [0.717, 1.165) is 0 Å². The molecular weight excluding hydrogens is 270 g/mol. The highest BCUT2D eigenvalue weighted by molar-refractivity contribution is 7.92. The number of nitrogens with zero attached hydrogens (tertiary/aromatic N) is 2. The van der Waals surface area contributed by atoms with Crippen molar-refractivity contribution in [3.63, 3.8) is 0 Å². The lowest BCUT2D eigenvalue weighted by atomic mass is 10.3. The van der Waals surface area contributed by atoms with E-state index in [4.69, 9.17) is 5.11 Å². The summed E-state index contributed by atoms with van der Waals surface area (Å²) in [4.78, 5) is 3.75. The van der Waals surface area contributed by atoms with Crippen LogP contribution in [0.2, 0.25) is 0 Å². The number of hydrogen-bond donors (Lipinski definition) is 2. The van der Waals surface area contributed by atoms with Gasteiger partial charge in [-0.1, -0.05) is 17.0 Å². The maximum absolute atomic E-state index is 12.0. The van der Waals surface area contributed by atoms with Gasteiger partial charge in [0.25, 0.3) is 10.0 Å². The monoisotopic (exact) mass is 279 g/mol. The zero-order chi connectivity index (χ0) is 13.7. The molecule has 2 rings (SSSR count). The fourth-order valence-corrected chi connectivity index (χ4v) is 2.26. The third-order valence-corrected chi connectivity index (χ3v) is 3.37. The molecule has 0 fully saturated rings. The van der Waals surface area contributed by atoms with Crippen LogP contribution in [0.3, 0.4) is 0 Å². The molecule has 98 valence electrons. The van der Waals surface area contributed by atoms with Crippen molar-refractivity contribution >= 4 is 15.7 Å². The maximum Gasteiger partial charge on any atom is 0.263 e. The van der Waals surface area contributed by atoms with E-state index in [-0.39, 0.29) is 17.2 Å². The van der Waals surface area contributed by atoms with Crippen LogP contribution in [-0.2, 0) is 10.0 Å². The predicted molar refractivity (Wildman–Crippen MR) is 65.5 cm³/mol. The van der Waals surface area contributed by atoms with Crippen LogP contribution in [0.4, 0.5) is 5.69 Å². The van der Waals surface area contributed by atoms with E-state index < -0.39 is 10.0 Å². The van der Waals surface area contributed by atoms with Gasteiger partial charge in [0.2, 0.25) is 0 Å². The van der Waals surface area contributed by atoms with E-state index in [1.54, 1.807) is 0 Å². The number of hydrogen-bond acceptors (Lipinski definition) is 6. The van der Waals surface area contributed by atoms with Crippen LogP contribution in [0.25, 0.3) is 0 Å². The van der Waals surface area contributed by atoms with Crippen molar-refractivity contribution in [3.05, 3.63) is 36.5 Å². The molecule has 0 atom stereocenters. The second kappa shape index (κ2) is 5.51. The highest BCUT2D eigenvalue weighted by atomic mass is 32.2. The Kier molecular flexibility index (Phi) is 3.79. The third kappa shape index (κ3) is 3.31. The quantitative estimate of drug-likeness (QED) is 0.778. The number of aromatic nitrogens is 2. The van der Waals surface area contributed by atoms with Gasteiger partial charge in [-0.15, -0.1) is 0 Å². The number of nitrogens with one attached hydrogen (secondary N) is 1. The number of rotatable bonds is 3. The lowest BCUT2D eigenvalue weighted by Crippen LogP contribution is -2.12. The van der Waals surface area contributed by atoms with Crippen molar-refractivity contribution in [2.75, 3.05) is 11.3 Å². The molecule has 0 radical (unpaired) electrons. The Morgan fingerprint density at radius 3 is 2.89 bits per heavy atom. The number of aliphatic hydroxyl groups excluding tert-OH is 1. The van der Waals surface area contributed by atoms with Gasteiger partial charge in [0, 0.05) is 18.0 Å².